The maximum Gasteiger partial charge on any atom is 0.510 e. The molecule has 0 aliphatic carbocycles. The van der Waals surface area contributed by atoms with Gasteiger partial charge < -0.3 is 5.11 Å². The summed E-state index contributed by atoms with van der Waals surface area (Å²) in [4.78, 5) is 9.01. The Morgan fingerprint density at radius 1 is 1.04 bits per heavy atom. The van der Waals surface area contributed by atoms with Crippen LogP contribution in [0.4, 0.5) is 0 Å². The smallest absolute Gasteiger partial charge is 0.393 e. The third-order valence-corrected chi connectivity index (χ3v) is 5.60. The number of benzene rings is 2. The van der Waals surface area contributed by atoms with Gasteiger partial charge in [0.2, 0.25) is 6.16 Å². The molecule has 2 rings (SSSR count). The minimum atomic E-state index is -2.19. The molecule has 6 heteroatoms. The van der Waals surface area contributed by atoms with Crippen molar-refractivity contribution >= 4 is 31.2 Å². The summed E-state index contributed by atoms with van der Waals surface area (Å²) in [5.74, 6) is 0.272. The topological polar surface area (TPSA) is 57.5 Å². The monoisotopic (exact) mass is 399 g/mol. The Kier molecular flexibility index (Phi) is 7.86. The molecule has 0 saturated carbocycles. The van der Waals surface area contributed by atoms with E-state index in [1.807, 2.05) is 36.4 Å². The Labute approximate surface area is 159 Å². The fraction of sp³-hybridized carbons (Fsp3) is 0.368. The standard InChI is InChI=1S/C19H21Cl2O3P/c1-13(16-6-8-18(20)19(21)11-16)5-7-17(22)10-14-3-2-4-15(9-14)12-25(23)24/h2-4,6,8-9,11,13,17,22H,5,7,10,12H2,1H3/p+1/t13-,17?/m1/s1. The van der Waals surface area contributed by atoms with Crippen molar-refractivity contribution in [2.75, 3.05) is 0 Å². The van der Waals surface area contributed by atoms with Crippen LogP contribution in [0.1, 0.15) is 42.4 Å². The van der Waals surface area contributed by atoms with E-state index in [1.54, 1.807) is 6.07 Å². The van der Waals surface area contributed by atoms with Crippen LogP contribution in [0, 0.1) is 0 Å². The van der Waals surface area contributed by atoms with E-state index in [1.165, 1.54) is 0 Å². The highest BCUT2D eigenvalue weighted by Gasteiger charge is 2.14. The van der Waals surface area contributed by atoms with Crippen molar-refractivity contribution in [2.45, 2.75) is 44.4 Å². The largest absolute Gasteiger partial charge is 0.510 e. The Bertz CT molecular complexity index is 736. The molecule has 0 fully saturated rings. The van der Waals surface area contributed by atoms with E-state index in [2.05, 4.69) is 6.92 Å². The maximum atomic E-state index is 10.9. The molecule has 134 valence electrons. The predicted molar refractivity (Wildman–Crippen MR) is 104 cm³/mol. The quantitative estimate of drug-likeness (QED) is 0.558. The number of rotatable bonds is 8. The van der Waals surface area contributed by atoms with Gasteiger partial charge in [-0.3, -0.25) is 0 Å². The summed E-state index contributed by atoms with van der Waals surface area (Å²) >= 11 is 12.0. The number of aliphatic hydroxyl groups excluding tert-OH is 1. The van der Waals surface area contributed by atoms with Gasteiger partial charge in [0.25, 0.3) is 0 Å². The second-order valence-corrected chi connectivity index (χ2v) is 8.18. The normalized spacial score (nSPS) is 14.2. The molecular formula is C19H22Cl2O3P+. The van der Waals surface area contributed by atoms with Gasteiger partial charge in [-0.25, -0.2) is 0 Å². The molecule has 3 nitrogen and oxygen atoms in total. The van der Waals surface area contributed by atoms with E-state index in [4.69, 9.17) is 28.1 Å². The van der Waals surface area contributed by atoms with Gasteiger partial charge >= 0.3 is 8.03 Å². The van der Waals surface area contributed by atoms with Crippen molar-refractivity contribution in [2.24, 2.45) is 0 Å². The summed E-state index contributed by atoms with van der Waals surface area (Å²) in [6.45, 7) is 2.10. The molecular weight excluding hydrogens is 378 g/mol. The van der Waals surface area contributed by atoms with Crippen LogP contribution in [0.15, 0.2) is 42.5 Å². The van der Waals surface area contributed by atoms with Crippen molar-refractivity contribution in [1.82, 2.24) is 0 Å². The molecule has 0 saturated heterocycles. The van der Waals surface area contributed by atoms with Gasteiger partial charge in [-0.1, -0.05) is 60.5 Å². The van der Waals surface area contributed by atoms with Gasteiger partial charge in [-0.05, 0) is 53.0 Å². The zero-order chi connectivity index (χ0) is 18.4. The summed E-state index contributed by atoms with van der Waals surface area (Å²) in [6.07, 6.45) is 1.72. The minimum Gasteiger partial charge on any atom is -0.393 e. The third-order valence-electron chi connectivity index (χ3n) is 4.23. The van der Waals surface area contributed by atoms with Gasteiger partial charge in [-0.2, -0.15) is 4.89 Å². The van der Waals surface area contributed by atoms with E-state index >= 15 is 0 Å². The first-order chi connectivity index (χ1) is 11.8. The molecule has 0 aliphatic heterocycles. The van der Waals surface area contributed by atoms with Gasteiger partial charge in [0.15, 0.2) is 0 Å². The average Bonchev–Trinajstić information content (AvgIpc) is 2.55. The molecule has 2 N–H and O–H groups in total. The van der Waals surface area contributed by atoms with Crippen molar-refractivity contribution in [1.29, 1.82) is 0 Å². The van der Waals surface area contributed by atoms with E-state index in [-0.39, 0.29) is 12.1 Å². The zero-order valence-electron chi connectivity index (χ0n) is 14.0. The van der Waals surface area contributed by atoms with Crippen molar-refractivity contribution in [3.05, 3.63) is 69.2 Å². The molecule has 3 atom stereocenters. The summed E-state index contributed by atoms with van der Waals surface area (Å²) in [6, 6.07) is 13.1. The molecule has 0 aromatic heterocycles. The Morgan fingerprint density at radius 3 is 2.44 bits per heavy atom. The molecule has 0 aliphatic rings. The third kappa shape index (κ3) is 6.69. The van der Waals surface area contributed by atoms with Crippen LogP contribution in [0.3, 0.4) is 0 Å². The predicted octanol–water partition coefficient (Wildman–Crippen LogP) is 5.72. The number of halogens is 2. The molecule has 0 amide bonds. The number of aliphatic hydroxyl groups is 1. The number of hydrogen-bond donors (Lipinski definition) is 2. The van der Waals surface area contributed by atoms with Crippen molar-refractivity contribution < 1.29 is 14.6 Å². The lowest BCUT2D eigenvalue weighted by Crippen LogP contribution is -2.12. The summed E-state index contributed by atoms with van der Waals surface area (Å²) in [5, 5.41) is 11.4. The first-order valence-electron chi connectivity index (χ1n) is 8.19. The van der Waals surface area contributed by atoms with Crippen molar-refractivity contribution in [3.63, 3.8) is 0 Å². The molecule has 25 heavy (non-hydrogen) atoms. The van der Waals surface area contributed by atoms with Crippen LogP contribution >= 0.6 is 31.2 Å². The molecule has 0 radical (unpaired) electrons. The van der Waals surface area contributed by atoms with Crippen molar-refractivity contribution in [3.8, 4) is 0 Å². The summed E-state index contributed by atoms with van der Waals surface area (Å²) < 4.78 is 10.9. The van der Waals surface area contributed by atoms with Crippen LogP contribution < -0.4 is 0 Å². The molecule has 0 heterocycles. The second kappa shape index (κ2) is 9.66. The minimum absolute atomic E-state index is 0.146. The van der Waals surface area contributed by atoms with Crippen LogP contribution in [-0.2, 0) is 17.1 Å². The Morgan fingerprint density at radius 2 is 1.76 bits per heavy atom. The van der Waals surface area contributed by atoms with Crippen LogP contribution in [0.2, 0.25) is 10.0 Å². The zero-order valence-corrected chi connectivity index (χ0v) is 16.4. The van der Waals surface area contributed by atoms with E-state index < -0.39 is 14.1 Å². The van der Waals surface area contributed by atoms with Gasteiger partial charge in [-0.15, -0.1) is 0 Å². The lowest BCUT2D eigenvalue weighted by molar-refractivity contribution is 0.159. The molecule has 2 aromatic carbocycles. The Balaban J connectivity index is 1.88. The lowest BCUT2D eigenvalue weighted by atomic mass is 9.93. The SMILES string of the molecule is C[C@H](CCC(O)Cc1cccc(C[P+](=O)O)c1)c1ccc(Cl)c(Cl)c1. The molecule has 0 bridgehead atoms. The summed E-state index contributed by atoms with van der Waals surface area (Å²) in [7, 11) is -2.19. The Hall–Kier alpha value is -0.960. The van der Waals surface area contributed by atoms with Gasteiger partial charge in [0.1, 0.15) is 0 Å². The van der Waals surface area contributed by atoms with Gasteiger partial charge in [0, 0.05) is 5.56 Å². The highest BCUT2D eigenvalue weighted by atomic mass is 35.5. The number of hydrogen-bond acceptors (Lipinski definition) is 2. The highest BCUT2D eigenvalue weighted by Crippen LogP contribution is 2.29. The van der Waals surface area contributed by atoms with E-state index in [9.17, 15) is 9.67 Å². The van der Waals surface area contributed by atoms with Crippen LogP contribution in [-0.4, -0.2) is 16.1 Å². The van der Waals surface area contributed by atoms with Gasteiger partial charge in [0.05, 0.1) is 16.1 Å². The molecule has 0 spiro atoms. The first-order valence-corrected chi connectivity index (χ1v) is 10.3. The lowest BCUT2D eigenvalue weighted by Gasteiger charge is -2.16. The van der Waals surface area contributed by atoms with Crippen LogP contribution in [0.25, 0.3) is 0 Å². The van der Waals surface area contributed by atoms with E-state index in [0.29, 0.717) is 22.9 Å². The molecule has 2 unspecified atom stereocenters. The first kappa shape index (κ1) is 20.4. The highest BCUT2D eigenvalue weighted by molar-refractivity contribution is 7.37. The maximum absolute atomic E-state index is 10.9. The average molecular weight is 400 g/mol. The fourth-order valence-electron chi connectivity index (χ4n) is 2.81. The fourth-order valence-corrected chi connectivity index (χ4v) is 3.63. The van der Waals surface area contributed by atoms with E-state index in [0.717, 1.165) is 23.1 Å². The van der Waals surface area contributed by atoms with Crippen LogP contribution in [0.5, 0.6) is 0 Å². The molecule has 2 aromatic rings. The summed E-state index contributed by atoms with van der Waals surface area (Å²) in [5.41, 5.74) is 2.90. The second-order valence-electron chi connectivity index (χ2n) is 6.34.